The summed E-state index contributed by atoms with van der Waals surface area (Å²) in [6.45, 7) is 0.698. The highest BCUT2D eigenvalue weighted by Crippen LogP contribution is 2.38. The number of H-pyrrole nitrogens is 1. The third kappa shape index (κ3) is 3.37. The van der Waals surface area contributed by atoms with Gasteiger partial charge in [0.05, 0.1) is 5.02 Å². The summed E-state index contributed by atoms with van der Waals surface area (Å²) in [5.41, 5.74) is -1.31. The average Bonchev–Trinajstić information content (AvgIpc) is 2.69. The molecule has 2 nitrogen and oxygen atoms in total. The van der Waals surface area contributed by atoms with E-state index in [2.05, 4.69) is 25.9 Å². The normalized spacial score (nSPS) is 12.8. The zero-order chi connectivity index (χ0) is 16.0. The maximum Gasteiger partial charge on any atom is 0.433 e. The van der Waals surface area contributed by atoms with Gasteiger partial charge >= 0.3 is 6.18 Å². The van der Waals surface area contributed by atoms with E-state index < -0.39 is 22.4 Å². The molecule has 0 unspecified atom stereocenters. The lowest BCUT2D eigenvalue weighted by Crippen LogP contribution is -2.07. The summed E-state index contributed by atoms with van der Waals surface area (Å²) in [5.74, 6) is -3.26. The first-order valence-corrected chi connectivity index (χ1v) is 6.68. The second kappa shape index (κ2) is 5.24. The van der Waals surface area contributed by atoms with Gasteiger partial charge in [-0.2, -0.15) is 13.2 Å². The van der Waals surface area contributed by atoms with Crippen LogP contribution in [0.5, 0.6) is 0 Å². The van der Waals surface area contributed by atoms with Gasteiger partial charge < -0.3 is 4.98 Å². The molecule has 1 heterocycles. The molecule has 0 aliphatic carbocycles. The Morgan fingerprint density at radius 2 is 1.81 bits per heavy atom. The van der Waals surface area contributed by atoms with Crippen LogP contribution in [0.1, 0.15) is 18.2 Å². The first-order chi connectivity index (χ1) is 9.50. The van der Waals surface area contributed by atoms with Gasteiger partial charge in [-0.25, -0.2) is 13.8 Å². The molecule has 1 N–H and O–H groups in total. The van der Waals surface area contributed by atoms with Gasteiger partial charge in [-0.05, 0) is 28.1 Å². The van der Waals surface area contributed by atoms with Crippen LogP contribution in [0.15, 0.2) is 22.8 Å². The Hall–Kier alpha value is -1.15. The highest BCUT2D eigenvalue weighted by atomic mass is 79.9. The van der Waals surface area contributed by atoms with E-state index in [1.807, 2.05) is 0 Å². The molecule has 2 rings (SSSR count). The molecule has 0 aliphatic heterocycles. The fraction of sp³-hybridized carbons (Fsp3) is 0.250. The van der Waals surface area contributed by atoms with E-state index in [9.17, 15) is 22.0 Å². The fourth-order valence-corrected chi connectivity index (χ4v) is 2.42. The summed E-state index contributed by atoms with van der Waals surface area (Å²) < 4.78 is 63.9. The molecule has 9 heteroatoms. The molecular weight excluding hydrogens is 382 g/mol. The quantitative estimate of drug-likeness (QED) is 0.663. The number of hydrogen-bond donors (Lipinski definition) is 1. The summed E-state index contributed by atoms with van der Waals surface area (Å²) in [5, 5.41) is -0.121. The molecule has 0 bridgehead atoms. The number of aromatic nitrogens is 2. The van der Waals surface area contributed by atoms with E-state index >= 15 is 0 Å². The van der Waals surface area contributed by atoms with Crippen LogP contribution in [0, 0.1) is 0 Å². The molecule has 0 spiro atoms. The number of hydrogen-bond acceptors (Lipinski definition) is 1. The van der Waals surface area contributed by atoms with Crippen LogP contribution in [0.2, 0.25) is 5.02 Å². The van der Waals surface area contributed by atoms with Crippen LogP contribution in [-0.2, 0) is 12.1 Å². The molecule has 0 aliphatic rings. The van der Waals surface area contributed by atoms with Gasteiger partial charge in [0.15, 0.2) is 5.69 Å². The minimum Gasteiger partial charge on any atom is -0.333 e. The number of benzene rings is 1. The van der Waals surface area contributed by atoms with Gasteiger partial charge in [-0.1, -0.05) is 17.7 Å². The highest BCUT2D eigenvalue weighted by Gasteiger charge is 2.36. The van der Waals surface area contributed by atoms with Gasteiger partial charge in [-0.15, -0.1) is 0 Å². The standard InChI is InChI=1S/C12H7BrClF5N2/c1-11(15,16)5-2-3-6(7(14)4-5)10-20-8(9(13)21-10)12(17,18)19/h2-4H,1H3,(H,20,21). The molecule has 0 amide bonds. The van der Waals surface area contributed by atoms with Crippen molar-refractivity contribution in [1.82, 2.24) is 9.97 Å². The Balaban J connectivity index is 2.49. The van der Waals surface area contributed by atoms with Crippen LogP contribution >= 0.6 is 27.5 Å². The second-order valence-corrected chi connectivity index (χ2v) is 5.49. The first kappa shape index (κ1) is 16.2. The van der Waals surface area contributed by atoms with Crippen molar-refractivity contribution in [3.8, 4) is 11.4 Å². The number of imidazole rings is 1. The Morgan fingerprint density at radius 1 is 1.19 bits per heavy atom. The lowest BCUT2D eigenvalue weighted by Gasteiger charge is -2.12. The highest BCUT2D eigenvalue weighted by molar-refractivity contribution is 9.10. The van der Waals surface area contributed by atoms with Crippen molar-refractivity contribution >= 4 is 27.5 Å². The third-order valence-corrected chi connectivity index (χ3v) is 3.56. The molecule has 21 heavy (non-hydrogen) atoms. The van der Waals surface area contributed by atoms with Crippen molar-refractivity contribution in [2.75, 3.05) is 0 Å². The summed E-state index contributed by atoms with van der Waals surface area (Å²) in [6, 6.07) is 3.28. The van der Waals surface area contributed by atoms with Gasteiger partial charge in [0.1, 0.15) is 10.4 Å². The van der Waals surface area contributed by atoms with Crippen LogP contribution in [0.4, 0.5) is 22.0 Å². The Morgan fingerprint density at radius 3 is 2.24 bits per heavy atom. The zero-order valence-corrected chi connectivity index (χ0v) is 12.7. The number of rotatable bonds is 2. The summed E-state index contributed by atoms with van der Waals surface area (Å²) >= 11 is 8.55. The van der Waals surface area contributed by atoms with E-state index in [4.69, 9.17) is 11.6 Å². The number of halogens is 7. The minimum absolute atomic E-state index is 0.0980. The van der Waals surface area contributed by atoms with Crippen molar-refractivity contribution in [3.63, 3.8) is 0 Å². The second-order valence-electron chi connectivity index (χ2n) is 4.33. The largest absolute Gasteiger partial charge is 0.433 e. The fourth-order valence-electron chi connectivity index (χ4n) is 1.65. The molecule has 0 saturated carbocycles. The van der Waals surface area contributed by atoms with E-state index in [1.54, 1.807) is 0 Å². The molecule has 0 fully saturated rings. The monoisotopic (exact) mass is 388 g/mol. The topological polar surface area (TPSA) is 28.7 Å². The number of aromatic amines is 1. The molecule has 1 aromatic carbocycles. The molecule has 0 saturated heterocycles. The van der Waals surface area contributed by atoms with E-state index in [-0.39, 0.29) is 22.0 Å². The summed E-state index contributed by atoms with van der Waals surface area (Å²) in [4.78, 5) is 5.75. The molecule has 0 radical (unpaired) electrons. The Labute approximate surface area is 129 Å². The summed E-state index contributed by atoms with van der Waals surface area (Å²) in [6.07, 6.45) is -4.62. The minimum atomic E-state index is -4.62. The van der Waals surface area contributed by atoms with Crippen molar-refractivity contribution in [3.05, 3.63) is 39.1 Å². The van der Waals surface area contributed by atoms with Gasteiger partial charge in [0, 0.05) is 18.1 Å². The zero-order valence-electron chi connectivity index (χ0n) is 10.3. The van der Waals surface area contributed by atoms with E-state index in [1.165, 1.54) is 6.07 Å². The lowest BCUT2D eigenvalue weighted by molar-refractivity contribution is -0.141. The number of nitrogens with zero attached hydrogens (tertiary/aromatic N) is 1. The summed E-state index contributed by atoms with van der Waals surface area (Å²) in [7, 11) is 0. The van der Waals surface area contributed by atoms with Gasteiger partial charge in [0.2, 0.25) is 0 Å². The van der Waals surface area contributed by atoms with Crippen molar-refractivity contribution in [2.45, 2.75) is 19.0 Å². The molecule has 1 aromatic heterocycles. The molecule has 2 aromatic rings. The predicted molar refractivity (Wildman–Crippen MR) is 71.3 cm³/mol. The first-order valence-electron chi connectivity index (χ1n) is 5.51. The van der Waals surface area contributed by atoms with Crippen LogP contribution in [0.3, 0.4) is 0 Å². The van der Waals surface area contributed by atoms with Gasteiger partial charge in [-0.3, -0.25) is 0 Å². The maximum atomic E-state index is 13.2. The van der Waals surface area contributed by atoms with Crippen molar-refractivity contribution in [2.24, 2.45) is 0 Å². The number of alkyl halides is 5. The average molecular weight is 390 g/mol. The molecule has 114 valence electrons. The lowest BCUT2D eigenvalue weighted by atomic mass is 10.1. The smallest absolute Gasteiger partial charge is 0.333 e. The Bertz CT molecular complexity index is 675. The van der Waals surface area contributed by atoms with Crippen LogP contribution < -0.4 is 0 Å². The van der Waals surface area contributed by atoms with Crippen LogP contribution in [-0.4, -0.2) is 9.97 Å². The maximum absolute atomic E-state index is 13.2. The Kier molecular flexibility index (Phi) is 4.05. The SMILES string of the molecule is CC(F)(F)c1ccc(-c2nc(Br)c(C(F)(F)F)[nH]2)c(Cl)c1. The van der Waals surface area contributed by atoms with E-state index in [0.29, 0.717) is 6.92 Å². The molecule has 0 atom stereocenters. The van der Waals surface area contributed by atoms with E-state index in [0.717, 1.165) is 12.1 Å². The van der Waals surface area contributed by atoms with Crippen molar-refractivity contribution < 1.29 is 22.0 Å². The number of nitrogens with one attached hydrogen (secondary N) is 1. The van der Waals surface area contributed by atoms with Crippen molar-refractivity contribution in [1.29, 1.82) is 0 Å². The van der Waals surface area contributed by atoms with Gasteiger partial charge in [0.25, 0.3) is 5.92 Å². The molecular formula is C12H7BrClF5N2. The van der Waals surface area contributed by atoms with Crippen LogP contribution in [0.25, 0.3) is 11.4 Å². The predicted octanol–water partition coefficient (Wildman–Crippen LogP) is 5.62. The third-order valence-electron chi connectivity index (χ3n) is 2.67.